The van der Waals surface area contributed by atoms with E-state index in [2.05, 4.69) is 32.5 Å². The van der Waals surface area contributed by atoms with Crippen molar-refractivity contribution in [3.63, 3.8) is 0 Å². The molecule has 1 saturated heterocycles. The molecule has 0 saturated carbocycles. The molecule has 0 aliphatic carbocycles. The molecule has 0 bridgehead atoms. The highest BCUT2D eigenvalue weighted by Crippen LogP contribution is 2.11. The molecule has 1 aliphatic heterocycles. The Morgan fingerprint density at radius 2 is 2.00 bits per heavy atom. The molecule has 1 rings (SSSR count). The van der Waals surface area contributed by atoms with E-state index in [0.717, 1.165) is 32.5 Å². The number of piperidine rings is 1. The number of halogens is 1. The fourth-order valence-corrected chi connectivity index (χ4v) is 2.86. The van der Waals surface area contributed by atoms with Crippen LogP contribution in [0.15, 0.2) is 0 Å². The van der Waals surface area contributed by atoms with Crippen LogP contribution in [-0.2, 0) is 10.0 Å². The Morgan fingerprint density at radius 3 is 2.43 bits per heavy atom. The standard InChI is InChI=1S/C8H17BrN2O2S/c1-2-11-5-3-8(4-6-11)10-14(12,13)7-9/h8,10H,2-7H2,1H3. The van der Waals surface area contributed by atoms with Gasteiger partial charge >= 0.3 is 0 Å². The van der Waals surface area contributed by atoms with Crippen LogP contribution in [0.25, 0.3) is 0 Å². The zero-order chi connectivity index (χ0) is 10.6. The number of nitrogens with one attached hydrogen (secondary N) is 1. The molecule has 1 heterocycles. The molecule has 1 N–H and O–H groups in total. The maximum Gasteiger partial charge on any atom is 0.221 e. The monoisotopic (exact) mass is 284 g/mol. The van der Waals surface area contributed by atoms with Crippen LogP contribution in [0.2, 0.25) is 0 Å². The van der Waals surface area contributed by atoms with E-state index in [0.29, 0.717) is 0 Å². The first-order valence-corrected chi connectivity index (χ1v) is 7.63. The predicted octanol–water partition coefficient (Wildman–Crippen LogP) is 0.743. The van der Waals surface area contributed by atoms with Gasteiger partial charge in [0, 0.05) is 6.04 Å². The number of sulfonamides is 1. The Labute approximate surface area is 94.2 Å². The summed E-state index contributed by atoms with van der Waals surface area (Å²) in [5, 5.41) is 0. The lowest BCUT2D eigenvalue weighted by atomic mass is 10.1. The van der Waals surface area contributed by atoms with Gasteiger partial charge in [0.2, 0.25) is 10.0 Å². The van der Waals surface area contributed by atoms with Crippen LogP contribution in [-0.4, -0.2) is 43.7 Å². The van der Waals surface area contributed by atoms with Gasteiger partial charge in [-0.2, -0.15) is 0 Å². The van der Waals surface area contributed by atoms with E-state index in [4.69, 9.17) is 0 Å². The van der Waals surface area contributed by atoms with Gasteiger partial charge in [-0.05, 0) is 32.5 Å². The van der Waals surface area contributed by atoms with Crippen LogP contribution in [0.1, 0.15) is 19.8 Å². The SMILES string of the molecule is CCN1CCC(NS(=O)(=O)CBr)CC1. The van der Waals surface area contributed by atoms with Gasteiger partial charge in [-0.3, -0.25) is 0 Å². The lowest BCUT2D eigenvalue weighted by molar-refractivity contribution is 0.217. The van der Waals surface area contributed by atoms with Gasteiger partial charge in [0.1, 0.15) is 4.66 Å². The van der Waals surface area contributed by atoms with E-state index < -0.39 is 10.0 Å². The summed E-state index contributed by atoms with van der Waals surface area (Å²) in [6.07, 6.45) is 1.83. The van der Waals surface area contributed by atoms with Crippen molar-refractivity contribution >= 4 is 26.0 Å². The molecule has 6 heteroatoms. The van der Waals surface area contributed by atoms with Crippen molar-refractivity contribution in [1.29, 1.82) is 0 Å². The van der Waals surface area contributed by atoms with Crippen LogP contribution in [0, 0.1) is 0 Å². The van der Waals surface area contributed by atoms with Crippen LogP contribution in [0.4, 0.5) is 0 Å². The number of hydrogen-bond donors (Lipinski definition) is 1. The molecule has 0 aromatic heterocycles. The highest BCUT2D eigenvalue weighted by Gasteiger charge is 2.21. The van der Waals surface area contributed by atoms with E-state index in [1.54, 1.807) is 0 Å². The first-order valence-electron chi connectivity index (χ1n) is 4.85. The zero-order valence-corrected chi connectivity index (χ0v) is 10.8. The van der Waals surface area contributed by atoms with Crippen molar-refractivity contribution in [2.24, 2.45) is 0 Å². The third-order valence-electron chi connectivity index (χ3n) is 2.52. The summed E-state index contributed by atoms with van der Waals surface area (Å²) >= 11 is 2.96. The lowest BCUT2D eigenvalue weighted by Crippen LogP contribution is -2.44. The van der Waals surface area contributed by atoms with Gasteiger partial charge in [-0.25, -0.2) is 13.1 Å². The lowest BCUT2D eigenvalue weighted by Gasteiger charge is -2.31. The van der Waals surface area contributed by atoms with Gasteiger partial charge in [0.25, 0.3) is 0 Å². The third kappa shape index (κ3) is 3.84. The Bertz CT molecular complexity index is 261. The summed E-state index contributed by atoms with van der Waals surface area (Å²) in [6.45, 7) is 5.17. The Morgan fingerprint density at radius 1 is 1.43 bits per heavy atom. The number of likely N-dealkylation sites (tertiary alicyclic amines) is 1. The Balaban J connectivity index is 2.36. The van der Waals surface area contributed by atoms with Crippen molar-refractivity contribution in [3.05, 3.63) is 0 Å². The number of alkyl halides is 1. The molecule has 0 radical (unpaired) electrons. The second-order valence-corrected chi connectivity index (χ2v) is 6.61. The summed E-state index contributed by atoms with van der Waals surface area (Å²) < 4.78 is 25.2. The normalized spacial score (nSPS) is 21.3. The summed E-state index contributed by atoms with van der Waals surface area (Å²) in [4.78, 5) is 2.33. The number of hydrogen-bond acceptors (Lipinski definition) is 3. The highest BCUT2D eigenvalue weighted by atomic mass is 79.9. The topological polar surface area (TPSA) is 49.4 Å². The summed E-state index contributed by atoms with van der Waals surface area (Å²) in [5.74, 6) is 0. The molecule has 0 spiro atoms. The third-order valence-corrected chi connectivity index (χ3v) is 5.31. The zero-order valence-electron chi connectivity index (χ0n) is 8.37. The second-order valence-electron chi connectivity index (χ2n) is 3.55. The van der Waals surface area contributed by atoms with Crippen LogP contribution in [0.3, 0.4) is 0 Å². The molecule has 14 heavy (non-hydrogen) atoms. The molecule has 0 unspecified atom stereocenters. The minimum atomic E-state index is -3.10. The van der Waals surface area contributed by atoms with E-state index >= 15 is 0 Å². The van der Waals surface area contributed by atoms with Crippen molar-refractivity contribution in [3.8, 4) is 0 Å². The van der Waals surface area contributed by atoms with Crippen molar-refractivity contribution < 1.29 is 8.42 Å². The molecule has 0 atom stereocenters. The first kappa shape index (κ1) is 12.4. The first-order chi connectivity index (χ1) is 6.57. The summed E-state index contributed by atoms with van der Waals surface area (Å²) in [6, 6.07) is 0.125. The summed E-state index contributed by atoms with van der Waals surface area (Å²) in [5.41, 5.74) is 0. The average Bonchev–Trinajstić information content (AvgIpc) is 2.19. The molecule has 0 aromatic carbocycles. The fraction of sp³-hybridized carbons (Fsp3) is 1.00. The molecule has 0 aromatic rings. The van der Waals surface area contributed by atoms with Crippen LogP contribution >= 0.6 is 15.9 Å². The predicted molar refractivity (Wildman–Crippen MR) is 61.0 cm³/mol. The molecule has 0 amide bonds. The number of nitrogens with zero attached hydrogens (tertiary/aromatic N) is 1. The van der Waals surface area contributed by atoms with Gasteiger partial charge in [0.15, 0.2) is 0 Å². The summed E-state index contributed by atoms with van der Waals surface area (Å²) in [7, 11) is -3.10. The molecule has 84 valence electrons. The maximum absolute atomic E-state index is 11.2. The fourth-order valence-electron chi connectivity index (χ4n) is 1.65. The molecule has 1 aliphatic rings. The van der Waals surface area contributed by atoms with E-state index in [9.17, 15) is 8.42 Å². The highest BCUT2D eigenvalue weighted by molar-refractivity contribution is 9.10. The van der Waals surface area contributed by atoms with Gasteiger partial charge < -0.3 is 4.90 Å². The minimum Gasteiger partial charge on any atom is -0.303 e. The molecular weight excluding hydrogens is 268 g/mol. The minimum absolute atomic E-state index is 0.00596. The molecule has 1 fully saturated rings. The van der Waals surface area contributed by atoms with Crippen molar-refractivity contribution in [1.82, 2.24) is 9.62 Å². The molecule has 4 nitrogen and oxygen atoms in total. The molecular formula is C8H17BrN2O2S. The maximum atomic E-state index is 11.2. The Kier molecular flexibility index (Phi) is 4.82. The Hall–Kier alpha value is 0.350. The van der Waals surface area contributed by atoms with Gasteiger partial charge in [-0.15, -0.1) is 0 Å². The van der Waals surface area contributed by atoms with Crippen LogP contribution in [0.5, 0.6) is 0 Å². The smallest absolute Gasteiger partial charge is 0.221 e. The number of rotatable bonds is 4. The quantitative estimate of drug-likeness (QED) is 0.775. The second kappa shape index (κ2) is 5.44. The van der Waals surface area contributed by atoms with Crippen LogP contribution < -0.4 is 4.72 Å². The average molecular weight is 285 g/mol. The van der Waals surface area contributed by atoms with E-state index in [1.807, 2.05) is 0 Å². The van der Waals surface area contributed by atoms with Crippen molar-refractivity contribution in [2.75, 3.05) is 24.3 Å². The van der Waals surface area contributed by atoms with Crippen molar-refractivity contribution in [2.45, 2.75) is 25.8 Å². The largest absolute Gasteiger partial charge is 0.303 e. The van der Waals surface area contributed by atoms with Gasteiger partial charge in [0.05, 0.1) is 0 Å². The van der Waals surface area contributed by atoms with Gasteiger partial charge in [-0.1, -0.05) is 22.9 Å². The van der Waals surface area contributed by atoms with E-state index in [1.165, 1.54) is 0 Å². The van der Waals surface area contributed by atoms with E-state index in [-0.39, 0.29) is 10.7 Å².